The van der Waals surface area contributed by atoms with Crippen molar-refractivity contribution >= 4 is 23.5 Å². The van der Waals surface area contributed by atoms with E-state index in [9.17, 15) is 4.79 Å². The molecule has 2 heterocycles. The monoisotopic (exact) mass is 265 g/mol. The van der Waals surface area contributed by atoms with Crippen molar-refractivity contribution in [1.82, 2.24) is 0 Å². The number of hydrogen-bond donors (Lipinski definition) is 0. The van der Waals surface area contributed by atoms with Gasteiger partial charge in [-0.1, -0.05) is 11.2 Å². The van der Waals surface area contributed by atoms with Gasteiger partial charge in [-0.2, -0.15) is 0 Å². The fourth-order valence-corrected chi connectivity index (χ4v) is 1.87. The molecule has 0 saturated heterocycles. The lowest BCUT2D eigenvalue weighted by Crippen LogP contribution is -2.03. The van der Waals surface area contributed by atoms with Crippen molar-refractivity contribution in [2.24, 2.45) is 5.16 Å². The minimum Gasteiger partial charge on any atom is -0.465 e. The van der Waals surface area contributed by atoms with Crippen molar-refractivity contribution in [3.8, 4) is 0 Å². The molecule has 6 heteroatoms. The van der Waals surface area contributed by atoms with Crippen LogP contribution in [-0.4, -0.2) is 19.3 Å². The van der Waals surface area contributed by atoms with E-state index < -0.39 is 5.97 Å². The molecular weight excluding hydrogens is 254 g/mol. The predicted molar refractivity (Wildman–Crippen MR) is 66.7 cm³/mol. The molecule has 0 atom stereocenters. The lowest BCUT2D eigenvalue weighted by molar-refractivity contribution is 0.0587. The zero-order valence-corrected chi connectivity index (χ0v) is 10.5. The quantitative estimate of drug-likeness (QED) is 0.473. The Morgan fingerprint density at radius 3 is 3.17 bits per heavy atom. The first-order chi connectivity index (χ1) is 8.81. The molecule has 0 aliphatic carbocycles. The Hall–Kier alpha value is -2.08. The van der Waals surface area contributed by atoms with Crippen LogP contribution < -0.4 is 0 Å². The number of carbonyl (C=O) groups excluding carboxylic acids is 1. The van der Waals surface area contributed by atoms with Crippen LogP contribution >= 0.6 is 11.3 Å². The van der Waals surface area contributed by atoms with Crippen LogP contribution in [0.25, 0.3) is 0 Å². The zero-order chi connectivity index (χ0) is 12.8. The van der Waals surface area contributed by atoms with Crippen LogP contribution in [0.2, 0.25) is 0 Å². The maximum atomic E-state index is 11.3. The summed E-state index contributed by atoms with van der Waals surface area (Å²) in [6.45, 7) is 0.0826. The van der Waals surface area contributed by atoms with Crippen molar-refractivity contribution in [2.75, 3.05) is 7.11 Å². The van der Waals surface area contributed by atoms with Crippen LogP contribution in [0, 0.1) is 0 Å². The molecule has 2 aromatic heterocycles. The van der Waals surface area contributed by atoms with Crippen LogP contribution in [-0.2, 0) is 16.2 Å². The smallest absolute Gasteiger partial charge is 0.341 e. The average Bonchev–Trinajstić information content (AvgIpc) is 3.04. The lowest BCUT2D eigenvalue weighted by atomic mass is 10.2. The van der Waals surface area contributed by atoms with Gasteiger partial charge in [0.2, 0.25) is 0 Å². The minimum atomic E-state index is -0.454. The van der Waals surface area contributed by atoms with Gasteiger partial charge in [-0.05, 0) is 17.5 Å². The van der Waals surface area contributed by atoms with E-state index in [4.69, 9.17) is 9.25 Å². The summed E-state index contributed by atoms with van der Waals surface area (Å²) in [6.07, 6.45) is 3.01. The Balaban J connectivity index is 1.91. The van der Waals surface area contributed by atoms with Gasteiger partial charge in [0.05, 0.1) is 19.6 Å². The van der Waals surface area contributed by atoms with Crippen molar-refractivity contribution in [3.05, 3.63) is 46.0 Å². The Kier molecular flexibility index (Phi) is 4.14. The van der Waals surface area contributed by atoms with Crippen molar-refractivity contribution in [2.45, 2.75) is 6.61 Å². The molecule has 0 radical (unpaired) electrons. The number of carbonyl (C=O) groups is 1. The van der Waals surface area contributed by atoms with Crippen LogP contribution in [0.1, 0.15) is 21.0 Å². The second-order valence-corrected chi connectivity index (χ2v) is 4.25. The average molecular weight is 265 g/mol. The Bertz CT molecular complexity index is 530. The third-order valence-corrected chi connectivity index (χ3v) is 2.95. The summed E-state index contributed by atoms with van der Waals surface area (Å²) in [5.74, 6) is -0.0604. The number of ether oxygens (including phenoxy) is 1. The largest absolute Gasteiger partial charge is 0.465 e. The van der Waals surface area contributed by atoms with Crippen molar-refractivity contribution < 1.29 is 18.8 Å². The number of rotatable bonds is 5. The second kappa shape index (κ2) is 6.02. The van der Waals surface area contributed by atoms with Gasteiger partial charge in [0.25, 0.3) is 0 Å². The molecule has 0 bridgehead atoms. The topological polar surface area (TPSA) is 61.0 Å². The summed E-state index contributed by atoms with van der Waals surface area (Å²) in [4.78, 5) is 17.4. The highest BCUT2D eigenvalue weighted by Crippen LogP contribution is 2.13. The zero-order valence-electron chi connectivity index (χ0n) is 9.66. The first kappa shape index (κ1) is 12.4. The molecule has 2 aromatic rings. The minimum absolute atomic E-state index is 0.0826. The number of nitrogens with zero attached hydrogens (tertiary/aromatic N) is 1. The SMILES string of the molecule is COC(=O)c1ccoc1CO/N=C/c1cccs1. The predicted octanol–water partition coefficient (Wildman–Crippen LogP) is 2.68. The van der Waals surface area contributed by atoms with Crippen LogP contribution in [0.5, 0.6) is 0 Å². The Morgan fingerprint density at radius 1 is 1.56 bits per heavy atom. The van der Waals surface area contributed by atoms with E-state index in [2.05, 4.69) is 9.89 Å². The third-order valence-electron chi connectivity index (χ3n) is 2.14. The highest BCUT2D eigenvalue weighted by Gasteiger charge is 2.15. The molecule has 0 unspecified atom stereocenters. The molecule has 0 aliphatic heterocycles. The van der Waals surface area contributed by atoms with E-state index in [0.717, 1.165) is 4.88 Å². The van der Waals surface area contributed by atoms with Gasteiger partial charge in [-0.15, -0.1) is 11.3 Å². The van der Waals surface area contributed by atoms with E-state index in [-0.39, 0.29) is 6.61 Å². The van der Waals surface area contributed by atoms with Crippen molar-refractivity contribution in [3.63, 3.8) is 0 Å². The summed E-state index contributed by atoms with van der Waals surface area (Å²) >= 11 is 1.56. The molecule has 0 aromatic carbocycles. The second-order valence-electron chi connectivity index (χ2n) is 3.27. The summed E-state index contributed by atoms with van der Waals surface area (Å²) < 4.78 is 9.74. The van der Waals surface area contributed by atoms with Crippen molar-refractivity contribution in [1.29, 1.82) is 0 Å². The van der Waals surface area contributed by atoms with Gasteiger partial charge in [0.1, 0.15) is 5.56 Å². The van der Waals surface area contributed by atoms with Gasteiger partial charge < -0.3 is 14.0 Å². The van der Waals surface area contributed by atoms with Crippen LogP contribution in [0.15, 0.2) is 39.4 Å². The van der Waals surface area contributed by atoms with Gasteiger partial charge in [0, 0.05) is 4.88 Å². The van der Waals surface area contributed by atoms with E-state index >= 15 is 0 Å². The number of hydrogen-bond acceptors (Lipinski definition) is 6. The van der Waals surface area contributed by atoms with Gasteiger partial charge in [-0.3, -0.25) is 0 Å². The molecule has 5 nitrogen and oxygen atoms in total. The maximum absolute atomic E-state index is 11.3. The number of thiophene rings is 1. The number of methoxy groups -OCH3 is 1. The molecule has 0 fully saturated rings. The Morgan fingerprint density at radius 2 is 2.44 bits per heavy atom. The standard InChI is InChI=1S/C12H11NO4S/c1-15-12(14)10-4-5-16-11(10)8-17-13-7-9-3-2-6-18-9/h2-7H,8H2,1H3/b13-7+. The summed E-state index contributed by atoms with van der Waals surface area (Å²) in [5.41, 5.74) is 0.351. The first-order valence-corrected chi connectivity index (χ1v) is 6.02. The van der Waals surface area contributed by atoms with Crippen LogP contribution in [0.4, 0.5) is 0 Å². The fourth-order valence-electron chi connectivity index (χ4n) is 1.29. The molecule has 0 N–H and O–H groups in total. The maximum Gasteiger partial charge on any atom is 0.341 e. The molecule has 0 spiro atoms. The molecule has 18 heavy (non-hydrogen) atoms. The third kappa shape index (κ3) is 2.98. The normalized spacial score (nSPS) is 10.7. The molecule has 0 amide bonds. The van der Waals surface area contributed by atoms with E-state index in [1.165, 1.54) is 19.4 Å². The number of furan rings is 1. The van der Waals surface area contributed by atoms with Gasteiger partial charge in [-0.25, -0.2) is 4.79 Å². The highest BCUT2D eigenvalue weighted by molar-refractivity contribution is 7.11. The first-order valence-electron chi connectivity index (χ1n) is 5.15. The van der Waals surface area contributed by atoms with E-state index in [1.807, 2.05) is 17.5 Å². The van der Waals surface area contributed by atoms with Gasteiger partial charge >= 0.3 is 5.97 Å². The van der Waals surface area contributed by atoms with Crippen LogP contribution in [0.3, 0.4) is 0 Å². The highest BCUT2D eigenvalue weighted by atomic mass is 32.1. The molecule has 94 valence electrons. The summed E-state index contributed by atoms with van der Waals surface area (Å²) in [6, 6.07) is 5.38. The molecule has 2 rings (SSSR count). The number of esters is 1. The lowest BCUT2D eigenvalue weighted by Gasteiger charge is -1.99. The molecule has 0 saturated carbocycles. The number of oxime groups is 1. The summed E-state index contributed by atoms with van der Waals surface area (Å²) in [7, 11) is 1.31. The Labute approximate surface area is 108 Å². The fraction of sp³-hybridized carbons (Fsp3) is 0.167. The molecular formula is C12H11NO4S. The van der Waals surface area contributed by atoms with E-state index in [1.54, 1.807) is 17.6 Å². The van der Waals surface area contributed by atoms with E-state index in [0.29, 0.717) is 11.3 Å². The summed E-state index contributed by atoms with van der Waals surface area (Å²) in [5, 5.41) is 5.74. The molecule has 0 aliphatic rings. The van der Waals surface area contributed by atoms with Gasteiger partial charge in [0.15, 0.2) is 12.4 Å².